The first-order valence-electron chi connectivity index (χ1n) is 21.3. The van der Waals surface area contributed by atoms with Crippen molar-refractivity contribution < 1.29 is 48.3 Å². The first-order chi connectivity index (χ1) is 25.2. The average molecular weight is 741 g/mol. The molecule has 1 aliphatic carbocycles. The Morgan fingerprint density at radius 2 is 0.519 bits per heavy atom. The van der Waals surface area contributed by atoms with Gasteiger partial charge in [-0.2, -0.15) is 0 Å². The van der Waals surface area contributed by atoms with Gasteiger partial charge >= 0.3 is 23.9 Å². The number of hydrogen-bond donors (Lipinski definition) is 2. The molecule has 0 radical (unpaired) electrons. The van der Waals surface area contributed by atoms with Crippen LogP contribution in [0.1, 0.15) is 207 Å². The van der Waals surface area contributed by atoms with Crippen LogP contribution in [-0.4, -0.2) is 70.7 Å². The van der Waals surface area contributed by atoms with Crippen molar-refractivity contribution in [3.63, 3.8) is 0 Å². The monoisotopic (exact) mass is 741 g/mol. The molecule has 0 aromatic heterocycles. The SMILES string of the molecule is CCCCCCCCC(=O)O[C@@H]1[C@@H](OC(=O)CCCCCCCC)[C@H](OC(=O)CCCCCCCC)[C@@H](O)[C@@H](O)[C@H]1OC(=O)CCCCCCCC. The van der Waals surface area contributed by atoms with Gasteiger partial charge in [0.1, 0.15) is 12.2 Å². The van der Waals surface area contributed by atoms with Crippen LogP contribution >= 0.6 is 0 Å². The number of hydrogen-bond acceptors (Lipinski definition) is 10. The fourth-order valence-corrected chi connectivity index (χ4v) is 6.73. The van der Waals surface area contributed by atoms with E-state index >= 15 is 0 Å². The van der Waals surface area contributed by atoms with Crippen LogP contribution in [0.5, 0.6) is 0 Å². The Balaban J connectivity index is 3.21. The van der Waals surface area contributed by atoms with Crippen LogP contribution in [0.25, 0.3) is 0 Å². The van der Waals surface area contributed by atoms with Crippen LogP contribution in [0.2, 0.25) is 0 Å². The molecule has 1 rings (SSSR count). The molecular weight excluding hydrogens is 664 g/mol. The molecule has 0 amide bonds. The zero-order valence-corrected chi connectivity index (χ0v) is 33.4. The number of ether oxygens (including phenoxy) is 4. The molecule has 304 valence electrons. The van der Waals surface area contributed by atoms with Gasteiger partial charge in [-0.05, 0) is 25.7 Å². The van der Waals surface area contributed by atoms with Gasteiger partial charge in [-0.1, -0.05) is 156 Å². The van der Waals surface area contributed by atoms with Crippen molar-refractivity contribution in [2.75, 3.05) is 0 Å². The van der Waals surface area contributed by atoms with E-state index in [1.165, 1.54) is 0 Å². The van der Waals surface area contributed by atoms with E-state index in [1.807, 2.05) is 0 Å². The van der Waals surface area contributed by atoms with Gasteiger partial charge in [0.25, 0.3) is 0 Å². The van der Waals surface area contributed by atoms with Crippen LogP contribution < -0.4 is 0 Å². The highest BCUT2D eigenvalue weighted by molar-refractivity contribution is 5.72. The van der Waals surface area contributed by atoms with Gasteiger partial charge in [0.15, 0.2) is 24.4 Å². The molecule has 0 aromatic carbocycles. The van der Waals surface area contributed by atoms with Crippen LogP contribution in [0.3, 0.4) is 0 Å². The molecule has 2 N–H and O–H groups in total. The Hall–Kier alpha value is -2.20. The second-order valence-electron chi connectivity index (χ2n) is 14.9. The van der Waals surface area contributed by atoms with Crippen LogP contribution in [0, 0.1) is 0 Å². The molecule has 0 unspecified atom stereocenters. The van der Waals surface area contributed by atoms with Crippen LogP contribution in [-0.2, 0) is 38.1 Å². The summed E-state index contributed by atoms with van der Waals surface area (Å²) in [4.78, 5) is 52.7. The minimum Gasteiger partial charge on any atom is -0.455 e. The van der Waals surface area contributed by atoms with Crippen LogP contribution in [0.4, 0.5) is 0 Å². The summed E-state index contributed by atoms with van der Waals surface area (Å²) < 4.78 is 23.3. The summed E-state index contributed by atoms with van der Waals surface area (Å²) in [5, 5.41) is 22.7. The Morgan fingerprint density at radius 1 is 0.327 bits per heavy atom. The summed E-state index contributed by atoms with van der Waals surface area (Å²) in [5.41, 5.74) is 0. The van der Waals surface area contributed by atoms with Crippen molar-refractivity contribution in [1.29, 1.82) is 0 Å². The predicted octanol–water partition coefficient (Wildman–Crippen LogP) is 9.37. The van der Waals surface area contributed by atoms with Crippen molar-refractivity contribution in [3.8, 4) is 0 Å². The van der Waals surface area contributed by atoms with Gasteiger partial charge in [-0.15, -0.1) is 0 Å². The summed E-state index contributed by atoms with van der Waals surface area (Å²) in [6.45, 7) is 8.55. The smallest absolute Gasteiger partial charge is 0.306 e. The average Bonchev–Trinajstić information content (AvgIpc) is 3.12. The molecule has 6 atom stereocenters. The zero-order valence-electron chi connectivity index (χ0n) is 33.4. The van der Waals surface area contributed by atoms with E-state index in [-0.39, 0.29) is 25.7 Å². The highest BCUT2D eigenvalue weighted by Crippen LogP contribution is 2.32. The third-order valence-electron chi connectivity index (χ3n) is 10.0. The molecule has 0 bridgehead atoms. The summed E-state index contributed by atoms with van der Waals surface area (Å²) >= 11 is 0. The minimum absolute atomic E-state index is 0.0839. The quantitative estimate of drug-likeness (QED) is 0.0389. The van der Waals surface area contributed by atoms with E-state index in [0.717, 1.165) is 128 Å². The number of carbonyl (C=O) groups excluding carboxylic acids is 4. The largest absolute Gasteiger partial charge is 0.455 e. The standard InChI is InChI=1S/C42H76O10/c1-5-9-13-17-21-25-29-33(43)49-39-37(47)38(48)40(50-34(44)30-26-22-18-14-10-6-2)42(52-36(46)32-28-24-20-16-12-8-4)41(39)51-35(45)31-27-23-19-15-11-7-3/h37-42,47-48H,5-32H2,1-4H3/t37-,38+,39-,40-,41+,42+/m1/s1. The molecular formula is C42H76O10. The molecule has 52 heavy (non-hydrogen) atoms. The molecule has 1 fully saturated rings. The molecule has 1 aliphatic rings. The van der Waals surface area contributed by atoms with Crippen molar-refractivity contribution >= 4 is 23.9 Å². The molecule has 0 heterocycles. The maximum Gasteiger partial charge on any atom is 0.306 e. The number of carbonyl (C=O) groups is 4. The molecule has 1 saturated carbocycles. The number of unbranched alkanes of at least 4 members (excludes halogenated alkanes) is 20. The number of aliphatic hydroxyl groups is 2. The second kappa shape index (κ2) is 31.2. The normalized spacial score (nSPS) is 21.4. The molecule has 10 nitrogen and oxygen atoms in total. The first kappa shape index (κ1) is 47.8. The van der Waals surface area contributed by atoms with Gasteiger partial charge in [0, 0.05) is 25.7 Å². The fourth-order valence-electron chi connectivity index (χ4n) is 6.73. The van der Waals surface area contributed by atoms with Crippen molar-refractivity contribution in [3.05, 3.63) is 0 Å². The second-order valence-corrected chi connectivity index (χ2v) is 14.9. The molecule has 10 heteroatoms. The lowest BCUT2D eigenvalue weighted by atomic mass is 9.84. The minimum atomic E-state index is -1.75. The van der Waals surface area contributed by atoms with Crippen LogP contribution in [0.15, 0.2) is 0 Å². The van der Waals surface area contributed by atoms with Gasteiger partial charge in [-0.3, -0.25) is 19.2 Å². The Morgan fingerprint density at radius 3 is 0.750 bits per heavy atom. The molecule has 0 aromatic rings. The lowest BCUT2D eigenvalue weighted by Gasteiger charge is -2.45. The Kier molecular flexibility index (Phi) is 28.7. The van der Waals surface area contributed by atoms with E-state index in [2.05, 4.69) is 27.7 Å². The summed E-state index contributed by atoms with van der Waals surface area (Å²) in [6.07, 6.45) is 13.8. The number of aliphatic hydroxyl groups excluding tert-OH is 2. The highest BCUT2D eigenvalue weighted by Gasteiger charge is 2.57. The summed E-state index contributed by atoms with van der Waals surface area (Å²) in [6, 6.07) is 0. The zero-order chi connectivity index (χ0) is 38.4. The van der Waals surface area contributed by atoms with Gasteiger partial charge in [-0.25, -0.2) is 0 Å². The maximum atomic E-state index is 13.3. The van der Waals surface area contributed by atoms with E-state index in [4.69, 9.17) is 18.9 Å². The van der Waals surface area contributed by atoms with Crippen molar-refractivity contribution in [2.45, 2.75) is 244 Å². The fraction of sp³-hybridized carbons (Fsp3) is 0.905. The Labute approximate surface area is 315 Å². The number of esters is 4. The predicted molar refractivity (Wildman–Crippen MR) is 204 cm³/mol. The highest BCUT2D eigenvalue weighted by atomic mass is 16.6. The van der Waals surface area contributed by atoms with E-state index in [0.29, 0.717) is 25.7 Å². The van der Waals surface area contributed by atoms with Crippen molar-refractivity contribution in [2.24, 2.45) is 0 Å². The van der Waals surface area contributed by atoms with Gasteiger partial charge in [0.05, 0.1) is 0 Å². The summed E-state index contributed by atoms with van der Waals surface area (Å²) in [5.74, 6) is -2.43. The topological polar surface area (TPSA) is 146 Å². The van der Waals surface area contributed by atoms with Gasteiger partial charge in [0.2, 0.25) is 0 Å². The molecule has 0 spiro atoms. The third-order valence-corrected chi connectivity index (χ3v) is 10.0. The van der Waals surface area contributed by atoms with E-state index < -0.39 is 60.5 Å². The van der Waals surface area contributed by atoms with E-state index in [1.54, 1.807) is 0 Å². The third kappa shape index (κ3) is 21.5. The lowest BCUT2D eigenvalue weighted by molar-refractivity contribution is -0.253. The summed E-state index contributed by atoms with van der Waals surface area (Å²) in [7, 11) is 0. The molecule has 0 aliphatic heterocycles. The van der Waals surface area contributed by atoms with E-state index in [9.17, 15) is 29.4 Å². The van der Waals surface area contributed by atoms with Gasteiger partial charge < -0.3 is 29.2 Å². The number of rotatable bonds is 32. The maximum absolute atomic E-state index is 13.3. The Bertz CT molecular complexity index is 866. The first-order valence-corrected chi connectivity index (χ1v) is 21.3. The van der Waals surface area contributed by atoms with Crippen molar-refractivity contribution in [1.82, 2.24) is 0 Å². The lowest BCUT2D eigenvalue weighted by Crippen LogP contribution is -2.67. The molecule has 0 saturated heterocycles.